The zero-order chi connectivity index (χ0) is 24.7. The third kappa shape index (κ3) is 6.38. The highest BCUT2D eigenvalue weighted by molar-refractivity contribution is 5.69. The number of hydrogen-bond donors (Lipinski definition) is 1. The maximum absolute atomic E-state index is 11.4. The molecule has 0 bridgehead atoms. The Morgan fingerprint density at radius 1 is 0.944 bits per heavy atom. The minimum absolute atomic E-state index is 0.161. The van der Waals surface area contributed by atoms with E-state index in [9.17, 15) is 4.79 Å². The van der Waals surface area contributed by atoms with E-state index in [0.29, 0.717) is 19.8 Å². The average molecular weight is 487 g/mol. The molecule has 3 aromatic rings. The molecule has 0 spiro atoms. The fourth-order valence-corrected chi connectivity index (χ4v) is 4.80. The van der Waals surface area contributed by atoms with Crippen LogP contribution in [0.3, 0.4) is 0 Å². The van der Waals surface area contributed by atoms with Crippen molar-refractivity contribution < 1.29 is 19.0 Å². The zero-order valence-electron chi connectivity index (χ0n) is 20.9. The Hall–Kier alpha value is -3.51. The average Bonchev–Trinajstić information content (AvgIpc) is 3.56. The van der Waals surface area contributed by atoms with Gasteiger partial charge in [0.05, 0.1) is 0 Å². The van der Waals surface area contributed by atoms with E-state index in [2.05, 4.69) is 41.4 Å². The first-order valence-corrected chi connectivity index (χ1v) is 12.8. The fourth-order valence-electron chi connectivity index (χ4n) is 4.80. The minimum atomic E-state index is -0.395. The molecule has 2 aliphatic rings. The number of alkyl carbamates (subject to hydrolysis) is 1. The van der Waals surface area contributed by atoms with Crippen LogP contribution in [0.2, 0.25) is 0 Å². The molecule has 0 aliphatic carbocycles. The molecule has 36 heavy (non-hydrogen) atoms. The molecule has 2 saturated heterocycles. The summed E-state index contributed by atoms with van der Waals surface area (Å²) in [5.74, 6) is 1.52. The van der Waals surface area contributed by atoms with Crippen LogP contribution < -0.4 is 14.8 Å². The van der Waals surface area contributed by atoms with Gasteiger partial charge in [0, 0.05) is 19.0 Å². The molecule has 0 saturated carbocycles. The Balaban J connectivity index is 1.30. The molecule has 0 radical (unpaired) electrons. The third-order valence-electron chi connectivity index (χ3n) is 6.86. The number of aryl methyl sites for hydroxylation is 1. The second-order valence-electron chi connectivity index (χ2n) is 9.72. The monoisotopic (exact) mass is 486 g/mol. The molecule has 188 valence electrons. The maximum atomic E-state index is 11.4. The van der Waals surface area contributed by atoms with Crippen LogP contribution in [-0.2, 0) is 24.3 Å². The lowest BCUT2D eigenvalue weighted by atomic mass is 9.99. The van der Waals surface area contributed by atoms with Crippen molar-refractivity contribution in [2.24, 2.45) is 0 Å². The van der Waals surface area contributed by atoms with Gasteiger partial charge in [0.1, 0.15) is 37.4 Å². The van der Waals surface area contributed by atoms with Gasteiger partial charge in [0.2, 0.25) is 0 Å². The van der Waals surface area contributed by atoms with Gasteiger partial charge in [-0.15, -0.1) is 0 Å². The highest BCUT2D eigenvalue weighted by atomic mass is 16.6. The van der Waals surface area contributed by atoms with Gasteiger partial charge in [-0.1, -0.05) is 54.6 Å². The van der Waals surface area contributed by atoms with E-state index in [1.165, 1.54) is 42.6 Å². The largest absolute Gasteiger partial charge is 0.491 e. The number of nitrogens with one attached hydrogen (secondary N) is 1. The number of cyclic esters (lactones) is 1. The smallest absolute Gasteiger partial charge is 0.407 e. The van der Waals surface area contributed by atoms with Crippen LogP contribution in [0.5, 0.6) is 11.5 Å². The van der Waals surface area contributed by atoms with E-state index in [-0.39, 0.29) is 6.04 Å². The molecule has 3 aromatic carbocycles. The van der Waals surface area contributed by atoms with Crippen molar-refractivity contribution in [2.45, 2.75) is 45.4 Å². The first-order valence-electron chi connectivity index (χ1n) is 12.8. The molecule has 1 N–H and O–H groups in total. The van der Waals surface area contributed by atoms with Crippen LogP contribution in [0.4, 0.5) is 4.79 Å². The lowest BCUT2D eigenvalue weighted by molar-refractivity contribution is 0.174. The molecular weight excluding hydrogens is 452 g/mol. The summed E-state index contributed by atoms with van der Waals surface area (Å²) in [4.78, 5) is 13.9. The van der Waals surface area contributed by atoms with Crippen molar-refractivity contribution >= 4 is 6.09 Å². The van der Waals surface area contributed by atoms with Gasteiger partial charge in [-0.3, -0.25) is 4.90 Å². The number of likely N-dealkylation sites (tertiary alicyclic amines) is 1. The lowest BCUT2D eigenvalue weighted by Crippen LogP contribution is -2.32. The van der Waals surface area contributed by atoms with Crippen molar-refractivity contribution in [3.8, 4) is 11.5 Å². The van der Waals surface area contributed by atoms with Crippen molar-refractivity contribution in [1.29, 1.82) is 0 Å². The number of carbonyl (C=O) groups is 1. The summed E-state index contributed by atoms with van der Waals surface area (Å²) in [7, 11) is 0. The van der Waals surface area contributed by atoms with Crippen molar-refractivity contribution in [2.75, 3.05) is 26.3 Å². The summed E-state index contributed by atoms with van der Waals surface area (Å²) >= 11 is 0. The second kappa shape index (κ2) is 11.5. The topological polar surface area (TPSA) is 60.0 Å². The quantitative estimate of drug-likeness (QED) is 0.424. The van der Waals surface area contributed by atoms with Gasteiger partial charge in [-0.05, 0) is 66.7 Å². The number of rotatable bonds is 10. The van der Waals surface area contributed by atoms with Crippen molar-refractivity contribution in [3.05, 3.63) is 94.5 Å². The number of benzene rings is 3. The van der Waals surface area contributed by atoms with Crippen LogP contribution in [0.25, 0.3) is 0 Å². The van der Waals surface area contributed by atoms with Crippen LogP contribution in [0, 0.1) is 6.92 Å². The van der Waals surface area contributed by atoms with Crippen LogP contribution in [0.1, 0.15) is 40.7 Å². The summed E-state index contributed by atoms with van der Waals surface area (Å²) in [5, 5.41) is 2.78. The van der Waals surface area contributed by atoms with Crippen molar-refractivity contribution in [3.63, 3.8) is 0 Å². The highest BCUT2D eigenvalue weighted by Crippen LogP contribution is 2.29. The predicted molar refractivity (Wildman–Crippen MR) is 139 cm³/mol. The first kappa shape index (κ1) is 24.2. The summed E-state index contributed by atoms with van der Waals surface area (Å²) in [5.41, 5.74) is 6.17. The molecule has 1 atom stereocenters. The number of amides is 1. The standard InChI is InChI=1S/C30H34N2O4/c1-22-15-24(9-10-26(22)18-32-13-5-6-14-32)16-25-11-12-28(34-19-23-7-3-2-4-8-23)17-29(25)35-20-27-21-36-30(33)31-27/h2-4,7-12,15,17,27H,5-6,13-14,16,18-21H2,1H3,(H,31,33). The molecule has 2 aliphatic heterocycles. The van der Waals surface area contributed by atoms with Crippen LogP contribution in [-0.4, -0.2) is 43.3 Å². The summed E-state index contributed by atoms with van der Waals surface area (Å²) in [6.45, 7) is 6.79. The molecule has 1 amide bonds. The van der Waals surface area contributed by atoms with Gasteiger partial charge >= 0.3 is 6.09 Å². The molecule has 5 rings (SSSR count). The van der Waals surface area contributed by atoms with Gasteiger partial charge in [-0.25, -0.2) is 4.79 Å². The Labute approximate surface area is 213 Å². The van der Waals surface area contributed by atoms with Gasteiger partial charge in [0.25, 0.3) is 0 Å². The summed E-state index contributed by atoms with van der Waals surface area (Å²) < 4.78 is 17.2. The summed E-state index contributed by atoms with van der Waals surface area (Å²) in [6, 6.07) is 22.8. The minimum Gasteiger partial charge on any atom is -0.491 e. The second-order valence-corrected chi connectivity index (χ2v) is 9.72. The van der Waals surface area contributed by atoms with Gasteiger partial charge in [-0.2, -0.15) is 0 Å². The zero-order valence-corrected chi connectivity index (χ0v) is 20.9. The molecule has 0 aromatic heterocycles. The van der Waals surface area contributed by atoms with Gasteiger partial charge in [0.15, 0.2) is 0 Å². The SMILES string of the molecule is Cc1cc(Cc2ccc(OCc3ccccc3)cc2OCC2COC(=O)N2)ccc1CN1CCCC1. The van der Waals surface area contributed by atoms with E-state index in [0.717, 1.165) is 35.6 Å². The first-order chi connectivity index (χ1) is 17.6. The molecule has 6 heteroatoms. The Kier molecular flexibility index (Phi) is 7.72. The van der Waals surface area contributed by atoms with Crippen molar-refractivity contribution in [1.82, 2.24) is 10.2 Å². The Morgan fingerprint density at radius 2 is 1.75 bits per heavy atom. The van der Waals surface area contributed by atoms with Gasteiger partial charge < -0.3 is 19.5 Å². The third-order valence-corrected chi connectivity index (χ3v) is 6.86. The van der Waals surface area contributed by atoms with E-state index >= 15 is 0 Å². The number of carbonyl (C=O) groups excluding carboxylic acids is 1. The fraction of sp³-hybridized carbons (Fsp3) is 0.367. The van der Waals surface area contributed by atoms with E-state index in [1.54, 1.807) is 0 Å². The molecule has 1 unspecified atom stereocenters. The normalized spacial score (nSPS) is 17.6. The summed E-state index contributed by atoms with van der Waals surface area (Å²) in [6.07, 6.45) is 2.98. The Bertz CT molecular complexity index is 1170. The predicted octanol–water partition coefficient (Wildman–Crippen LogP) is 5.25. The molecular formula is C30H34N2O4. The number of ether oxygens (including phenoxy) is 3. The number of nitrogens with zero attached hydrogens (tertiary/aromatic N) is 1. The highest BCUT2D eigenvalue weighted by Gasteiger charge is 2.23. The lowest BCUT2D eigenvalue weighted by Gasteiger charge is -2.18. The van der Waals surface area contributed by atoms with Crippen LogP contribution in [0.15, 0.2) is 66.7 Å². The molecule has 6 nitrogen and oxygen atoms in total. The van der Waals surface area contributed by atoms with Crippen LogP contribution >= 0.6 is 0 Å². The number of hydrogen-bond acceptors (Lipinski definition) is 5. The molecule has 2 fully saturated rings. The Morgan fingerprint density at radius 3 is 2.50 bits per heavy atom. The van der Waals surface area contributed by atoms with E-state index < -0.39 is 6.09 Å². The van der Waals surface area contributed by atoms with E-state index in [4.69, 9.17) is 14.2 Å². The van der Waals surface area contributed by atoms with E-state index in [1.807, 2.05) is 42.5 Å². The maximum Gasteiger partial charge on any atom is 0.407 e. The molecule has 2 heterocycles.